The number of hydrogen-bond donors (Lipinski definition) is 4. The van der Waals surface area contributed by atoms with E-state index in [0.717, 1.165) is 34.8 Å². The predicted molar refractivity (Wildman–Crippen MR) is 112 cm³/mol. The third-order valence-electron chi connectivity index (χ3n) is 5.49. The maximum absolute atomic E-state index is 9.55. The van der Waals surface area contributed by atoms with Gasteiger partial charge in [0, 0.05) is 28.4 Å². The molecule has 1 unspecified atom stereocenters. The van der Waals surface area contributed by atoms with Crippen molar-refractivity contribution in [2.45, 2.75) is 46.1 Å². The van der Waals surface area contributed by atoms with E-state index < -0.39 is 14.2 Å². The fourth-order valence-corrected chi connectivity index (χ4v) is 3.83. The minimum atomic E-state index is -1.53. The second-order valence-corrected chi connectivity index (χ2v) is 7.33. The second-order valence-electron chi connectivity index (χ2n) is 7.33. The molecule has 142 valence electrons. The van der Waals surface area contributed by atoms with Gasteiger partial charge in [0.25, 0.3) is 0 Å². The van der Waals surface area contributed by atoms with Crippen LogP contribution in [0.2, 0.25) is 0 Å². The van der Waals surface area contributed by atoms with Gasteiger partial charge in [-0.25, -0.2) is 0 Å². The summed E-state index contributed by atoms with van der Waals surface area (Å²) >= 11 is 0. The number of hydrogen-bond acceptors (Lipinski definition) is 4. The molecule has 0 saturated carbocycles. The third kappa shape index (κ3) is 4.06. The van der Waals surface area contributed by atoms with Crippen molar-refractivity contribution in [2.24, 2.45) is 5.92 Å². The quantitative estimate of drug-likeness (QED) is 0.453. The van der Waals surface area contributed by atoms with Crippen LogP contribution in [-0.2, 0) is 6.54 Å². The Morgan fingerprint density at radius 2 is 1.37 bits per heavy atom. The average molecular weight is 367 g/mol. The standard InChI is InChI=1S/C20H27B2NO4/c1-3-5-6-14(4-2)13-23-19-9-7-15(21(24)25)11-17(19)18-12-16(22(26)27)8-10-20(18)23/h7-12,14,24-27H,3-6,13H2,1-2H3. The van der Waals surface area contributed by atoms with Crippen LogP contribution in [0.1, 0.15) is 39.5 Å². The topological polar surface area (TPSA) is 85.9 Å². The van der Waals surface area contributed by atoms with Crippen LogP contribution < -0.4 is 10.9 Å². The summed E-state index contributed by atoms with van der Waals surface area (Å²) in [5.41, 5.74) is 2.90. The molecule has 0 amide bonds. The number of benzene rings is 2. The number of aromatic nitrogens is 1. The van der Waals surface area contributed by atoms with Crippen LogP contribution in [0.3, 0.4) is 0 Å². The molecule has 0 aliphatic carbocycles. The normalized spacial score (nSPS) is 12.7. The van der Waals surface area contributed by atoms with Gasteiger partial charge in [-0.1, -0.05) is 57.4 Å². The molecule has 3 rings (SSSR count). The fourth-order valence-electron chi connectivity index (χ4n) is 3.83. The summed E-state index contributed by atoms with van der Waals surface area (Å²) in [7, 11) is -3.07. The van der Waals surface area contributed by atoms with E-state index in [1.807, 2.05) is 12.1 Å². The number of rotatable bonds is 8. The van der Waals surface area contributed by atoms with Crippen molar-refractivity contribution in [1.29, 1.82) is 0 Å². The molecule has 3 aromatic rings. The van der Waals surface area contributed by atoms with E-state index in [1.165, 1.54) is 19.3 Å². The Hall–Kier alpha value is -1.79. The third-order valence-corrected chi connectivity index (χ3v) is 5.49. The van der Waals surface area contributed by atoms with Crippen LogP contribution in [-0.4, -0.2) is 38.9 Å². The summed E-state index contributed by atoms with van der Waals surface area (Å²) in [6, 6.07) is 10.9. The van der Waals surface area contributed by atoms with Crippen LogP contribution in [0.15, 0.2) is 36.4 Å². The molecule has 4 N–H and O–H groups in total. The Labute approximate surface area is 160 Å². The Morgan fingerprint density at radius 3 is 1.78 bits per heavy atom. The molecule has 2 aromatic carbocycles. The van der Waals surface area contributed by atoms with Gasteiger partial charge in [-0.2, -0.15) is 0 Å². The largest absolute Gasteiger partial charge is 0.488 e. The van der Waals surface area contributed by atoms with Gasteiger partial charge in [-0.15, -0.1) is 0 Å². The van der Waals surface area contributed by atoms with Gasteiger partial charge in [0.05, 0.1) is 0 Å². The van der Waals surface area contributed by atoms with E-state index in [1.54, 1.807) is 24.3 Å². The summed E-state index contributed by atoms with van der Waals surface area (Å²) < 4.78 is 2.27. The molecule has 0 spiro atoms. The van der Waals surface area contributed by atoms with Crippen molar-refractivity contribution in [1.82, 2.24) is 4.57 Å². The van der Waals surface area contributed by atoms with Gasteiger partial charge < -0.3 is 24.7 Å². The van der Waals surface area contributed by atoms with E-state index in [2.05, 4.69) is 18.4 Å². The van der Waals surface area contributed by atoms with Gasteiger partial charge in [0.1, 0.15) is 0 Å². The summed E-state index contributed by atoms with van der Waals surface area (Å²) in [6.07, 6.45) is 4.66. The Kier molecular flexibility index (Phi) is 6.27. The van der Waals surface area contributed by atoms with Gasteiger partial charge in [-0.3, -0.25) is 0 Å². The minimum absolute atomic E-state index is 0.425. The van der Waals surface area contributed by atoms with Crippen molar-refractivity contribution in [3.05, 3.63) is 36.4 Å². The molecule has 1 heterocycles. The van der Waals surface area contributed by atoms with Crippen molar-refractivity contribution >= 4 is 47.0 Å². The zero-order valence-electron chi connectivity index (χ0n) is 16.0. The van der Waals surface area contributed by atoms with Crippen LogP contribution in [0.4, 0.5) is 0 Å². The molecule has 0 fully saturated rings. The van der Waals surface area contributed by atoms with E-state index in [0.29, 0.717) is 16.8 Å². The van der Waals surface area contributed by atoms with Gasteiger partial charge in [0.15, 0.2) is 0 Å². The zero-order valence-corrected chi connectivity index (χ0v) is 16.0. The molecule has 5 nitrogen and oxygen atoms in total. The lowest BCUT2D eigenvalue weighted by atomic mass is 9.78. The van der Waals surface area contributed by atoms with Gasteiger partial charge >= 0.3 is 14.2 Å². The summed E-state index contributed by atoms with van der Waals surface area (Å²) in [5, 5.41) is 40.0. The Bertz CT molecular complexity index is 858. The van der Waals surface area contributed by atoms with Crippen LogP contribution in [0.25, 0.3) is 21.8 Å². The van der Waals surface area contributed by atoms with Crippen LogP contribution >= 0.6 is 0 Å². The lowest BCUT2D eigenvalue weighted by Crippen LogP contribution is -2.29. The predicted octanol–water partition coefficient (Wildman–Crippen LogP) is 1.37. The molecule has 0 aliphatic rings. The molecule has 0 bridgehead atoms. The molecule has 27 heavy (non-hydrogen) atoms. The van der Waals surface area contributed by atoms with Crippen molar-refractivity contribution in [3.63, 3.8) is 0 Å². The van der Waals surface area contributed by atoms with Crippen LogP contribution in [0, 0.1) is 5.92 Å². The Morgan fingerprint density at radius 1 is 0.852 bits per heavy atom. The van der Waals surface area contributed by atoms with Crippen molar-refractivity contribution in [2.75, 3.05) is 0 Å². The fraction of sp³-hybridized carbons (Fsp3) is 0.400. The second kappa shape index (κ2) is 8.48. The highest BCUT2D eigenvalue weighted by Gasteiger charge is 2.19. The first-order valence-electron chi connectivity index (χ1n) is 9.74. The number of nitrogens with zero attached hydrogens (tertiary/aromatic N) is 1. The highest BCUT2D eigenvalue weighted by Crippen LogP contribution is 2.30. The SMILES string of the molecule is CCCCC(CC)Cn1c2ccc(B(O)O)cc2c2cc(B(O)O)ccc21. The van der Waals surface area contributed by atoms with Crippen molar-refractivity contribution in [3.8, 4) is 0 Å². The van der Waals surface area contributed by atoms with E-state index in [9.17, 15) is 20.1 Å². The lowest BCUT2D eigenvalue weighted by Gasteiger charge is -2.17. The molecule has 1 aromatic heterocycles. The monoisotopic (exact) mass is 367 g/mol. The average Bonchev–Trinajstić information content (AvgIpc) is 2.97. The maximum atomic E-state index is 9.55. The summed E-state index contributed by atoms with van der Waals surface area (Å²) in [6.45, 7) is 5.31. The van der Waals surface area contributed by atoms with E-state index in [4.69, 9.17) is 0 Å². The van der Waals surface area contributed by atoms with E-state index in [-0.39, 0.29) is 0 Å². The molecule has 0 radical (unpaired) electrons. The lowest BCUT2D eigenvalue weighted by molar-refractivity contribution is 0.401. The molecule has 7 heteroatoms. The van der Waals surface area contributed by atoms with Crippen molar-refractivity contribution < 1.29 is 20.1 Å². The summed E-state index contributed by atoms with van der Waals surface area (Å²) in [4.78, 5) is 0. The first-order chi connectivity index (χ1) is 13.0. The Balaban J connectivity index is 2.18. The highest BCUT2D eigenvalue weighted by atomic mass is 16.4. The van der Waals surface area contributed by atoms with Gasteiger partial charge in [-0.05, 0) is 35.4 Å². The maximum Gasteiger partial charge on any atom is 0.488 e. The molecular formula is C20H27B2NO4. The minimum Gasteiger partial charge on any atom is -0.423 e. The molecule has 0 aliphatic heterocycles. The highest BCUT2D eigenvalue weighted by molar-refractivity contribution is 6.59. The first kappa shape index (κ1) is 20.0. The molecular weight excluding hydrogens is 340 g/mol. The first-order valence-corrected chi connectivity index (χ1v) is 9.74. The molecule has 0 saturated heterocycles. The zero-order chi connectivity index (χ0) is 19.6. The number of fused-ring (bicyclic) bond motifs is 3. The number of unbranched alkanes of at least 4 members (excludes halogenated alkanes) is 1. The molecule has 1 atom stereocenters. The summed E-state index contributed by atoms with van der Waals surface area (Å²) in [5.74, 6) is 0.565. The van der Waals surface area contributed by atoms with Crippen LogP contribution in [0.5, 0.6) is 0 Å². The van der Waals surface area contributed by atoms with E-state index >= 15 is 0 Å². The smallest absolute Gasteiger partial charge is 0.423 e. The van der Waals surface area contributed by atoms with Gasteiger partial charge in [0.2, 0.25) is 0 Å².